The van der Waals surface area contributed by atoms with Gasteiger partial charge in [0.15, 0.2) is 5.58 Å². The van der Waals surface area contributed by atoms with Gasteiger partial charge in [-0.1, -0.05) is 18.1 Å². The molecular formula is C13H12N4O. The number of anilines is 1. The van der Waals surface area contributed by atoms with E-state index < -0.39 is 0 Å². The number of nitrogens with zero attached hydrogens (tertiary/aromatic N) is 3. The van der Waals surface area contributed by atoms with E-state index in [1.54, 1.807) is 12.4 Å². The van der Waals surface area contributed by atoms with E-state index in [-0.39, 0.29) is 5.95 Å². The average molecular weight is 240 g/mol. The number of nitrogen functional groups attached to an aromatic ring is 1. The van der Waals surface area contributed by atoms with Gasteiger partial charge in [0.05, 0.1) is 5.39 Å². The second kappa shape index (κ2) is 4.10. The largest absolute Gasteiger partial charge is 0.368 e. The van der Waals surface area contributed by atoms with Gasteiger partial charge in [-0.05, 0) is 24.1 Å². The van der Waals surface area contributed by atoms with E-state index in [1.807, 2.05) is 12.1 Å². The van der Waals surface area contributed by atoms with E-state index in [1.165, 1.54) is 5.56 Å². The Balaban J connectivity index is 2.19. The van der Waals surface area contributed by atoms with Crippen molar-refractivity contribution < 1.29 is 4.52 Å². The zero-order valence-electron chi connectivity index (χ0n) is 9.92. The molecule has 0 fully saturated rings. The molecule has 0 atom stereocenters. The highest BCUT2D eigenvalue weighted by Gasteiger charge is 2.11. The summed E-state index contributed by atoms with van der Waals surface area (Å²) in [7, 11) is 0. The monoisotopic (exact) mass is 240 g/mol. The fraction of sp³-hybridized carbons (Fsp3) is 0.154. The molecule has 0 aliphatic rings. The number of hydrogen-bond acceptors (Lipinski definition) is 5. The summed E-state index contributed by atoms with van der Waals surface area (Å²) in [5, 5.41) is 5.05. The molecule has 0 saturated heterocycles. The quantitative estimate of drug-likeness (QED) is 0.744. The topological polar surface area (TPSA) is 77.8 Å². The van der Waals surface area contributed by atoms with Gasteiger partial charge < -0.3 is 10.3 Å². The predicted octanol–water partition coefficient (Wildman–Crippen LogP) is 2.43. The molecule has 0 aliphatic carbocycles. The van der Waals surface area contributed by atoms with Crippen LogP contribution in [0.3, 0.4) is 0 Å². The summed E-state index contributed by atoms with van der Waals surface area (Å²) in [4.78, 5) is 7.94. The Kier molecular flexibility index (Phi) is 2.44. The summed E-state index contributed by atoms with van der Waals surface area (Å²) in [6, 6.07) is 6.05. The Morgan fingerprint density at radius 2 is 2.00 bits per heavy atom. The molecule has 2 heterocycles. The normalized spacial score (nSPS) is 10.9. The van der Waals surface area contributed by atoms with E-state index in [9.17, 15) is 0 Å². The van der Waals surface area contributed by atoms with E-state index >= 15 is 0 Å². The van der Waals surface area contributed by atoms with Crippen molar-refractivity contribution in [3.05, 3.63) is 36.2 Å². The summed E-state index contributed by atoms with van der Waals surface area (Å²) in [6.07, 6.45) is 4.27. The highest BCUT2D eigenvalue weighted by molar-refractivity contribution is 5.91. The third-order valence-electron chi connectivity index (χ3n) is 2.89. The standard InChI is InChI=1S/C13H12N4O/c1-2-8-3-4-11-10(5-8)12(17-18-11)9-6-15-13(14)16-7-9/h3-7H,2H2,1H3,(H2,14,15,16). The van der Waals surface area contributed by atoms with Crippen LogP contribution in [0.1, 0.15) is 12.5 Å². The van der Waals surface area contributed by atoms with Gasteiger partial charge in [0.1, 0.15) is 5.69 Å². The van der Waals surface area contributed by atoms with Crippen molar-refractivity contribution in [1.82, 2.24) is 15.1 Å². The first-order valence-corrected chi connectivity index (χ1v) is 5.74. The first kappa shape index (κ1) is 10.7. The van der Waals surface area contributed by atoms with E-state index in [0.717, 1.165) is 28.6 Å². The van der Waals surface area contributed by atoms with Crippen LogP contribution in [-0.4, -0.2) is 15.1 Å². The molecule has 0 saturated carbocycles. The minimum atomic E-state index is 0.251. The molecule has 0 radical (unpaired) electrons. The van der Waals surface area contributed by atoms with Crippen LogP contribution in [0.2, 0.25) is 0 Å². The number of nitrogens with two attached hydrogens (primary N) is 1. The third-order valence-corrected chi connectivity index (χ3v) is 2.89. The molecule has 5 heteroatoms. The summed E-state index contributed by atoms with van der Waals surface area (Å²) < 4.78 is 5.30. The predicted molar refractivity (Wildman–Crippen MR) is 68.8 cm³/mol. The summed E-state index contributed by atoms with van der Waals surface area (Å²) >= 11 is 0. The van der Waals surface area contributed by atoms with Gasteiger partial charge >= 0.3 is 0 Å². The van der Waals surface area contributed by atoms with Crippen molar-refractivity contribution in [1.29, 1.82) is 0 Å². The lowest BCUT2D eigenvalue weighted by Gasteiger charge is -1.98. The van der Waals surface area contributed by atoms with Crippen LogP contribution in [0, 0.1) is 0 Å². The molecule has 0 amide bonds. The number of hydrogen-bond donors (Lipinski definition) is 1. The molecule has 5 nitrogen and oxygen atoms in total. The maximum Gasteiger partial charge on any atom is 0.219 e. The van der Waals surface area contributed by atoms with E-state index in [4.69, 9.17) is 10.3 Å². The molecule has 3 aromatic rings. The van der Waals surface area contributed by atoms with Gasteiger partial charge in [-0.15, -0.1) is 0 Å². The number of rotatable bonds is 2. The molecule has 0 aliphatic heterocycles. The van der Waals surface area contributed by atoms with Gasteiger partial charge in [-0.25, -0.2) is 9.97 Å². The van der Waals surface area contributed by atoms with Gasteiger partial charge in [0, 0.05) is 18.0 Å². The van der Waals surface area contributed by atoms with Crippen molar-refractivity contribution in [2.24, 2.45) is 0 Å². The van der Waals surface area contributed by atoms with Crippen LogP contribution in [0.15, 0.2) is 35.1 Å². The van der Waals surface area contributed by atoms with Crippen molar-refractivity contribution in [3.8, 4) is 11.3 Å². The van der Waals surface area contributed by atoms with Crippen LogP contribution in [0.4, 0.5) is 5.95 Å². The first-order valence-electron chi connectivity index (χ1n) is 5.74. The third kappa shape index (κ3) is 1.69. The number of benzene rings is 1. The Hall–Kier alpha value is -2.43. The fourth-order valence-corrected chi connectivity index (χ4v) is 1.87. The highest BCUT2D eigenvalue weighted by atomic mass is 16.5. The average Bonchev–Trinajstić information content (AvgIpc) is 2.82. The molecule has 2 aromatic heterocycles. The first-order chi connectivity index (χ1) is 8.78. The lowest BCUT2D eigenvalue weighted by Crippen LogP contribution is -1.93. The summed E-state index contributed by atoms with van der Waals surface area (Å²) in [6.45, 7) is 2.11. The lowest BCUT2D eigenvalue weighted by molar-refractivity contribution is 0.459. The van der Waals surface area contributed by atoms with Crippen molar-refractivity contribution >= 4 is 16.9 Å². The van der Waals surface area contributed by atoms with E-state index in [0.29, 0.717) is 0 Å². The Morgan fingerprint density at radius 1 is 1.22 bits per heavy atom. The minimum absolute atomic E-state index is 0.251. The van der Waals surface area contributed by atoms with Crippen molar-refractivity contribution in [2.75, 3.05) is 5.73 Å². The molecule has 0 bridgehead atoms. The molecule has 90 valence electrons. The van der Waals surface area contributed by atoms with Crippen molar-refractivity contribution in [2.45, 2.75) is 13.3 Å². The van der Waals surface area contributed by atoms with Crippen LogP contribution >= 0.6 is 0 Å². The van der Waals surface area contributed by atoms with E-state index in [2.05, 4.69) is 28.1 Å². The zero-order chi connectivity index (χ0) is 12.5. The van der Waals surface area contributed by atoms with Gasteiger partial charge in [0.2, 0.25) is 5.95 Å². The molecule has 2 N–H and O–H groups in total. The van der Waals surface area contributed by atoms with Gasteiger partial charge in [-0.2, -0.15) is 0 Å². The number of aryl methyl sites for hydroxylation is 1. The second-order valence-electron chi connectivity index (χ2n) is 4.05. The summed E-state index contributed by atoms with van der Waals surface area (Å²) in [5.74, 6) is 0.251. The smallest absolute Gasteiger partial charge is 0.219 e. The Morgan fingerprint density at radius 3 is 2.72 bits per heavy atom. The molecule has 18 heavy (non-hydrogen) atoms. The molecular weight excluding hydrogens is 228 g/mol. The molecule has 3 rings (SSSR count). The molecule has 0 spiro atoms. The van der Waals surface area contributed by atoms with Crippen LogP contribution < -0.4 is 5.73 Å². The molecule has 1 aromatic carbocycles. The van der Waals surface area contributed by atoms with Gasteiger partial charge in [0.25, 0.3) is 0 Å². The number of aromatic nitrogens is 3. The second-order valence-corrected chi connectivity index (χ2v) is 4.05. The maximum atomic E-state index is 5.47. The number of fused-ring (bicyclic) bond motifs is 1. The molecule has 0 unspecified atom stereocenters. The lowest BCUT2D eigenvalue weighted by atomic mass is 10.1. The SMILES string of the molecule is CCc1ccc2onc(-c3cnc(N)nc3)c2c1. The fourth-order valence-electron chi connectivity index (χ4n) is 1.87. The Labute approximate surface area is 104 Å². The van der Waals surface area contributed by atoms with Crippen LogP contribution in [0.25, 0.3) is 22.2 Å². The van der Waals surface area contributed by atoms with Crippen molar-refractivity contribution in [3.63, 3.8) is 0 Å². The zero-order valence-corrected chi connectivity index (χ0v) is 9.92. The minimum Gasteiger partial charge on any atom is -0.368 e. The van der Waals surface area contributed by atoms with Crippen LogP contribution in [-0.2, 0) is 6.42 Å². The summed E-state index contributed by atoms with van der Waals surface area (Å²) in [5.41, 5.74) is 9.03. The van der Waals surface area contributed by atoms with Crippen LogP contribution in [0.5, 0.6) is 0 Å². The van der Waals surface area contributed by atoms with Gasteiger partial charge in [-0.3, -0.25) is 0 Å². The highest BCUT2D eigenvalue weighted by Crippen LogP contribution is 2.28. The Bertz CT molecular complexity index is 688. The maximum absolute atomic E-state index is 5.47.